The van der Waals surface area contributed by atoms with Crippen molar-refractivity contribution in [1.82, 2.24) is 4.90 Å². The molecule has 17 heavy (non-hydrogen) atoms. The molecule has 90 valence electrons. The van der Waals surface area contributed by atoms with Gasteiger partial charge in [0, 0.05) is 18.5 Å². The van der Waals surface area contributed by atoms with Crippen molar-refractivity contribution in [2.75, 3.05) is 6.54 Å². The van der Waals surface area contributed by atoms with Crippen LogP contribution in [0.15, 0.2) is 23.3 Å². The van der Waals surface area contributed by atoms with Gasteiger partial charge in [-0.2, -0.15) is 0 Å². The molecule has 2 rings (SSSR count). The number of hydrogen-bond acceptors (Lipinski definition) is 3. The predicted molar refractivity (Wildman–Crippen MR) is 62.0 cm³/mol. The second kappa shape index (κ2) is 4.65. The van der Waals surface area contributed by atoms with E-state index in [0.29, 0.717) is 12.1 Å². The van der Waals surface area contributed by atoms with Crippen molar-refractivity contribution in [2.24, 2.45) is 0 Å². The summed E-state index contributed by atoms with van der Waals surface area (Å²) in [5, 5.41) is 0. The topological polar surface area (TPSA) is 54.5 Å². The minimum atomic E-state index is -0.314. The summed E-state index contributed by atoms with van der Waals surface area (Å²) in [6.07, 6.45) is 5.95. The molecule has 0 bridgehead atoms. The van der Waals surface area contributed by atoms with Crippen molar-refractivity contribution in [1.29, 1.82) is 0 Å². The van der Waals surface area contributed by atoms with Crippen molar-refractivity contribution in [3.8, 4) is 0 Å². The third kappa shape index (κ3) is 2.07. The van der Waals surface area contributed by atoms with Crippen molar-refractivity contribution < 1.29 is 14.4 Å². The first-order chi connectivity index (χ1) is 8.15. The van der Waals surface area contributed by atoms with E-state index in [0.717, 1.165) is 19.3 Å². The second-order valence-corrected chi connectivity index (χ2v) is 4.32. The molecular formula is C13H15NO3. The van der Waals surface area contributed by atoms with Crippen LogP contribution in [0.25, 0.3) is 0 Å². The van der Waals surface area contributed by atoms with E-state index in [2.05, 4.69) is 6.92 Å². The predicted octanol–water partition coefficient (Wildman–Crippen LogP) is 1.37. The number of amides is 2. The lowest BCUT2D eigenvalue weighted by Crippen LogP contribution is -2.30. The molecule has 0 N–H and O–H groups in total. The Morgan fingerprint density at radius 1 is 1.12 bits per heavy atom. The number of rotatable bonds is 4. The van der Waals surface area contributed by atoms with Gasteiger partial charge < -0.3 is 0 Å². The molecule has 2 amide bonds. The maximum atomic E-state index is 11.9. The number of likely N-dealkylation sites (tertiary alicyclic amines) is 1. The van der Waals surface area contributed by atoms with Gasteiger partial charge in [0.2, 0.25) is 0 Å². The van der Waals surface area contributed by atoms with Gasteiger partial charge in [-0.15, -0.1) is 0 Å². The van der Waals surface area contributed by atoms with Gasteiger partial charge in [0.15, 0.2) is 5.78 Å². The third-order valence-electron chi connectivity index (χ3n) is 3.04. The zero-order valence-electron chi connectivity index (χ0n) is 9.86. The Hall–Kier alpha value is -1.71. The van der Waals surface area contributed by atoms with Gasteiger partial charge in [0.05, 0.1) is 5.57 Å². The summed E-state index contributed by atoms with van der Waals surface area (Å²) in [6, 6.07) is 0. The molecule has 4 heteroatoms. The Bertz CT molecular complexity index is 446. The number of carbonyl (C=O) groups is 3. The van der Waals surface area contributed by atoms with Crippen molar-refractivity contribution in [3.05, 3.63) is 23.3 Å². The van der Waals surface area contributed by atoms with Gasteiger partial charge >= 0.3 is 0 Å². The molecule has 0 saturated carbocycles. The molecule has 0 unspecified atom stereocenters. The lowest BCUT2D eigenvalue weighted by Gasteiger charge is -2.11. The largest absolute Gasteiger partial charge is 0.294 e. The van der Waals surface area contributed by atoms with Gasteiger partial charge in [-0.3, -0.25) is 19.3 Å². The Morgan fingerprint density at radius 3 is 2.53 bits per heavy atom. The summed E-state index contributed by atoms with van der Waals surface area (Å²) in [6.45, 7) is 2.52. The van der Waals surface area contributed by atoms with Gasteiger partial charge in [0.25, 0.3) is 11.8 Å². The average molecular weight is 233 g/mol. The van der Waals surface area contributed by atoms with Crippen LogP contribution in [0.2, 0.25) is 0 Å². The Labute approximate surface area is 100.0 Å². The fourth-order valence-electron chi connectivity index (χ4n) is 2.10. The lowest BCUT2D eigenvalue weighted by molar-refractivity contribution is -0.136. The normalized spacial score (nSPS) is 19.4. The first-order valence-corrected chi connectivity index (χ1v) is 5.96. The van der Waals surface area contributed by atoms with Crippen LogP contribution in [-0.4, -0.2) is 29.0 Å². The number of hydrogen-bond donors (Lipinski definition) is 0. The maximum Gasteiger partial charge on any atom is 0.261 e. The van der Waals surface area contributed by atoms with E-state index < -0.39 is 0 Å². The number of nitrogens with zero attached hydrogens (tertiary/aromatic N) is 1. The van der Waals surface area contributed by atoms with Crippen LogP contribution >= 0.6 is 0 Å². The van der Waals surface area contributed by atoms with E-state index in [1.165, 1.54) is 11.0 Å². The smallest absolute Gasteiger partial charge is 0.261 e. The SMILES string of the molecule is CCCCCN1C(=O)C2=CCC(=O)C=C2C1=O. The number of carbonyl (C=O) groups excluding carboxylic acids is 3. The molecule has 0 aromatic heterocycles. The second-order valence-electron chi connectivity index (χ2n) is 4.32. The van der Waals surface area contributed by atoms with Crippen LogP contribution in [0.3, 0.4) is 0 Å². The summed E-state index contributed by atoms with van der Waals surface area (Å²) >= 11 is 0. The molecular weight excluding hydrogens is 218 g/mol. The van der Waals surface area contributed by atoms with Crippen molar-refractivity contribution in [2.45, 2.75) is 32.6 Å². The first-order valence-electron chi connectivity index (χ1n) is 5.96. The van der Waals surface area contributed by atoms with E-state index in [9.17, 15) is 14.4 Å². The molecule has 1 heterocycles. The third-order valence-corrected chi connectivity index (χ3v) is 3.04. The molecule has 0 atom stereocenters. The standard InChI is InChI=1S/C13H15NO3/c1-2-3-4-7-14-12(16)10-6-5-9(15)8-11(10)13(14)17/h6,8H,2-5,7H2,1H3. The van der Waals surface area contributed by atoms with Gasteiger partial charge in [-0.25, -0.2) is 0 Å². The summed E-state index contributed by atoms with van der Waals surface area (Å²) in [4.78, 5) is 36.3. The highest BCUT2D eigenvalue weighted by Gasteiger charge is 2.39. The highest BCUT2D eigenvalue weighted by Crippen LogP contribution is 2.28. The minimum Gasteiger partial charge on any atom is -0.294 e. The number of ketones is 1. The first kappa shape index (κ1) is 11.8. The van der Waals surface area contributed by atoms with E-state index >= 15 is 0 Å². The zero-order valence-corrected chi connectivity index (χ0v) is 9.86. The molecule has 4 nitrogen and oxygen atoms in total. The van der Waals surface area contributed by atoms with Gasteiger partial charge in [-0.05, 0) is 12.5 Å². The molecule has 1 aliphatic carbocycles. The summed E-state index contributed by atoms with van der Waals surface area (Å²) in [7, 11) is 0. The average Bonchev–Trinajstić information content (AvgIpc) is 2.54. The highest BCUT2D eigenvalue weighted by molar-refractivity contribution is 6.27. The number of unbranched alkanes of at least 4 members (excludes halogenated alkanes) is 2. The Kier molecular flexibility index (Phi) is 3.22. The molecule has 1 saturated heterocycles. The summed E-state index contributed by atoms with van der Waals surface area (Å²) in [5.74, 6) is -0.671. The van der Waals surface area contributed by atoms with Crippen LogP contribution in [0.5, 0.6) is 0 Å². The summed E-state index contributed by atoms with van der Waals surface area (Å²) < 4.78 is 0. The number of imide groups is 1. The zero-order chi connectivity index (χ0) is 12.4. The molecule has 2 aliphatic rings. The quantitative estimate of drug-likeness (QED) is 0.544. The van der Waals surface area contributed by atoms with E-state index in [-0.39, 0.29) is 29.6 Å². The fraction of sp³-hybridized carbons (Fsp3) is 0.462. The number of allylic oxidation sites excluding steroid dienone is 2. The van der Waals surface area contributed by atoms with Crippen molar-refractivity contribution >= 4 is 17.6 Å². The van der Waals surface area contributed by atoms with E-state index in [1.54, 1.807) is 6.08 Å². The van der Waals surface area contributed by atoms with E-state index in [4.69, 9.17) is 0 Å². The molecule has 1 aliphatic heterocycles. The van der Waals surface area contributed by atoms with Crippen LogP contribution in [0, 0.1) is 0 Å². The van der Waals surface area contributed by atoms with Gasteiger partial charge in [-0.1, -0.05) is 25.8 Å². The van der Waals surface area contributed by atoms with Crippen molar-refractivity contribution in [3.63, 3.8) is 0 Å². The monoisotopic (exact) mass is 233 g/mol. The Morgan fingerprint density at radius 2 is 1.82 bits per heavy atom. The molecule has 1 fully saturated rings. The van der Waals surface area contributed by atoms with Crippen LogP contribution < -0.4 is 0 Å². The van der Waals surface area contributed by atoms with Crippen LogP contribution in [0.1, 0.15) is 32.6 Å². The molecule has 0 spiro atoms. The van der Waals surface area contributed by atoms with Crippen LogP contribution in [0.4, 0.5) is 0 Å². The molecule has 0 radical (unpaired) electrons. The lowest BCUT2D eigenvalue weighted by atomic mass is 9.99. The molecule has 0 aromatic rings. The minimum absolute atomic E-state index is 0.111. The summed E-state index contributed by atoms with van der Waals surface area (Å²) in [5.41, 5.74) is 0.689. The fourth-order valence-corrected chi connectivity index (χ4v) is 2.10. The Balaban J connectivity index is 2.16. The maximum absolute atomic E-state index is 11.9. The van der Waals surface area contributed by atoms with Crippen LogP contribution in [-0.2, 0) is 14.4 Å². The molecule has 0 aromatic carbocycles. The number of fused-ring (bicyclic) bond motifs is 1. The van der Waals surface area contributed by atoms with E-state index in [1.807, 2.05) is 0 Å². The highest BCUT2D eigenvalue weighted by atomic mass is 16.2. The van der Waals surface area contributed by atoms with Gasteiger partial charge in [0.1, 0.15) is 0 Å².